The third-order valence-electron chi connectivity index (χ3n) is 6.47. The molecule has 1 atom stereocenters. The summed E-state index contributed by atoms with van der Waals surface area (Å²) in [5.41, 5.74) is -0.311. The molecule has 11 heteroatoms. The summed E-state index contributed by atoms with van der Waals surface area (Å²) >= 11 is 1.34. The molecule has 180 valence electrons. The maximum absolute atomic E-state index is 15.0. The normalized spacial score (nSPS) is 19.1. The highest BCUT2D eigenvalue weighted by atomic mass is 32.1. The Kier molecular flexibility index (Phi) is 6.57. The van der Waals surface area contributed by atoms with Crippen molar-refractivity contribution in [2.75, 3.05) is 51.3 Å². The Bertz CT molecular complexity index is 1240. The van der Waals surface area contributed by atoms with Crippen LogP contribution in [0, 0.1) is 5.82 Å². The lowest BCUT2D eigenvalue weighted by molar-refractivity contribution is 0.0302. The molecule has 2 fully saturated rings. The topological polar surface area (TPSA) is 92.6 Å². The summed E-state index contributed by atoms with van der Waals surface area (Å²) in [6, 6.07) is 1.69. The van der Waals surface area contributed by atoms with Gasteiger partial charge in [-0.2, -0.15) is 0 Å². The lowest BCUT2D eigenvalue weighted by Gasteiger charge is -2.27. The molecule has 0 radical (unpaired) electrons. The van der Waals surface area contributed by atoms with Crippen LogP contribution in [0.5, 0.6) is 0 Å². The van der Waals surface area contributed by atoms with E-state index in [1.807, 2.05) is 0 Å². The van der Waals surface area contributed by atoms with Crippen LogP contribution in [0.4, 0.5) is 10.2 Å². The van der Waals surface area contributed by atoms with E-state index < -0.39 is 17.2 Å². The van der Waals surface area contributed by atoms with Gasteiger partial charge in [0, 0.05) is 50.0 Å². The molecule has 0 bridgehead atoms. The van der Waals surface area contributed by atoms with Crippen LogP contribution in [0.25, 0.3) is 16.2 Å². The molecule has 3 aromatic rings. The predicted octanol–water partition coefficient (Wildman–Crippen LogP) is 2.35. The molecule has 1 unspecified atom stereocenters. The van der Waals surface area contributed by atoms with E-state index in [0.29, 0.717) is 44.0 Å². The number of carbonyl (C=O) groups excluding carboxylic acids is 1. The molecule has 34 heavy (non-hydrogen) atoms. The van der Waals surface area contributed by atoms with E-state index in [4.69, 9.17) is 4.74 Å². The van der Waals surface area contributed by atoms with Gasteiger partial charge in [0.25, 0.3) is 5.91 Å². The minimum absolute atomic E-state index is 0.0328. The number of morpholine rings is 1. The number of thiazole rings is 1. The Morgan fingerprint density at radius 1 is 1.32 bits per heavy atom. The van der Waals surface area contributed by atoms with Crippen LogP contribution >= 0.6 is 11.3 Å². The Hall–Kier alpha value is -2.89. The van der Waals surface area contributed by atoms with Crippen LogP contribution in [0.1, 0.15) is 30.1 Å². The molecule has 0 saturated carbocycles. The SMILES string of the molecule is CC1CCCN1CCNc1nc2c(cc1F)c(=O)c(C(=O)N1CCOCC1)cn2-c1nccs1. The summed E-state index contributed by atoms with van der Waals surface area (Å²) in [5.74, 6) is -0.945. The minimum Gasteiger partial charge on any atom is -0.378 e. The Morgan fingerprint density at radius 2 is 2.15 bits per heavy atom. The summed E-state index contributed by atoms with van der Waals surface area (Å²) in [4.78, 5) is 39.2. The van der Waals surface area contributed by atoms with E-state index >= 15 is 4.39 Å². The first-order chi connectivity index (χ1) is 16.5. The number of hydrogen-bond acceptors (Lipinski definition) is 8. The number of anilines is 1. The lowest BCUT2D eigenvalue weighted by Crippen LogP contribution is -2.42. The number of amides is 1. The van der Waals surface area contributed by atoms with Crippen molar-refractivity contribution in [3.63, 3.8) is 0 Å². The van der Waals surface area contributed by atoms with Crippen molar-refractivity contribution < 1.29 is 13.9 Å². The van der Waals surface area contributed by atoms with Crippen molar-refractivity contribution in [3.8, 4) is 5.13 Å². The third-order valence-corrected chi connectivity index (χ3v) is 7.24. The van der Waals surface area contributed by atoms with Gasteiger partial charge in [-0.25, -0.2) is 14.4 Å². The van der Waals surface area contributed by atoms with Crippen LogP contribution < -0.4 is 10.7 Å². The first kappa shape index (κ1) is 22.9. The van der Waals surface area contributed by atoms with Gasteiger partial charge in [0.1, 0.15) is 5.56 Å². The molecule has 2 saturated heterocycles. The number of nitrogens with one attached hydrogen (secondary N) is 1. The minimum atomic E-state index is -0.624. The van der Waals surface area contributed by atoms with Crippen molar-refractivity contribution in [2.45, 2.75) is 25.8 Å². The lowest BCUT2D eigenvalue weighted by atomic mass is 10.1. The maximum Gasteiger partial charge on any atom is 0.259 e. The van der Waals surface area contributed by atoms with Crippen LogP contribution in [-0.4, -0.2) is 82.2 Å². The highest BCUT2D eigenvalue weighted by Gasteiger charge is 2.25. The summed E-state index contributed by atoms with van der Waals surface area (Å²) in [5, 5.41) is 5.46. The standard InChI is InChI=1S/C23H27FN6O3S/c1-15-3-2-6-28(15)7-4-25-20-18(24)13-16-19(31)17(22(32)29-8-10-33-11-9-29)14-30(21(16)27-20)23-26-5-12-34-23/h5,12-15H,2-4,6-11H2,1H3,(H,25,27). The summed E-state index contributed by atoms with van der Waals surface area (Å²) in [6.07, 6.45) is 5.46. The molecule has 2 aliphatic heterocycles. The number of halogens is 1. The van der Waals surface area contributed by atoms with E-state index in [1.54, 1.807) is 21.0 Å². The van der Waals surface area contributed by atoms with E-state index in [2.05, 4.69) is 27.1 Å². The van der Waals surface area contributed by atoms with Gasteiger partial charge >= 0.3 is 0 Å². The quantitative estimate of drug-likeness (QED) is 0.572. The highest BCUT2D eigenvalue weighted by Crippen LogP contribution is 2.23. The molecule has 1 N–H and O–H groups in total. The number of likely N-dealkylation sites (tertiary alicyclic amines) is 1. The second-order valence-corrected chi connectivity index (χ2v) is 9.48. The zero-order valence-electron chi connectivity index (χ0n) is 19.0. The van der Waals surface area contributed by atoms with Gasteiger partial charge in [-0.15, -0.1) is 11.3 Å². The fourth-order valence-corrected chi connectivity index (χ4v) is 5.18. The van der Waals surface area contributed by atoms with Crippen molar-refractivity contribution in [3.05, 3.63) is 45.4 Å². The van der Waals surface area contributed by atoms with Gasteiger partial charge in [0.15, 0.2) is 22.4 Å². The molecular formula is C23H27FN6O3S. The van der Waals surface area contributed by atoms with E-state index in [0.717, 1.165) is 13.1 Å². The van der Waals surface area contributed by atoms with Gasteiger partial charge in [-0.1, -0.05) is 0 Å². The number of nitrogens with zero attached hydrogens (tertiary/aromatic N) is 5. The molecule has 0 aliphatic carbocycles. The molecule has 9 nitrogen and oxygen atoms in total. The number of fused-ring (bicyclic) bond motifs is 1. The number of carbonyl (C=O) groups is 1. The van der Waals surface area contributed by atoms with Crippen molar-refractivity contribution in [2.24, 2.45) is 0 Å². The Labute approximate surface area is 200 Å². The molecule has 1 amide bonds. The number of hydrogen-bond donors (Lipinski definition) is 1. The summed E-state index contributed by atoms with van der Waals surface area (Å²) < 4.78 is 21.9. The number of aromatic nitrogens is 3. The van der Waals surface area contributed by atoms with Gasteiger partial charge in [-0.3, -0.25) is 19.1 Å². The molecule has 3 aromatic heterocycles. The molecular weight excluding hydrogens is 459 g/mol. The van der Waals surface area contributed by atoms with E-state index in [1.165, 1.54) is 36.4 Å². The average molecular weight is 487 g/mol. The average Bonchev–Trinajstić information content (AvgIpc) is 3.53. The Balaban J connectivity index is 1.52. The van der Waals surface area contributed by atoms with Gasteiger partial charge in [0.2, 0.25) is 5.43 Å². The summed E-state index contributed by atoms with van der Waals surface area (Å²) in [6.45, 7) is 6.20. The van der Waals surface area contributed by atoms with E-state index in [-0.39, 0.29) is 22.4 Å². The molecule has 0 spiro atoms. The van der Waals surface area contributed by atoms with Crippen molar-refractivity contribution in [1.29, 1.82) is 0 Å². The third kappa shape index (κ3) is 4.42. The zero-order chi connectivity index (χ0) is 23.7. The van der Waals surface area contributed by atoms with Crippen LogP contribution in [-0.2, 0) is 4.74 Å². The molecule has 2 aliphatic rings. The fourth-order valence-electron chi connectivity index (χ4n) is 4.56. The van der Waals surface area contributed by atoms with Gasteiger partial charge < -0.3 is 15.0 Å². The highest BCUT2D eigenvalue weighted by molar-refractivity contribution is 7.12. The first-order valence-corrected chi connectivity index (χ1v) is 12.4. The maximum atomic E-state index is 15.0. The second kappa shape index (κ2) is 9.77. The zero-order valence-corrected chi connectivity index (χ0v) is 19.8. The van der Waals surface area contributed by atoms with Crippen LogP contribution in [0.2, 0.25) is 0 Å². The number of rotatable bonds is 6. The summed E-state index contributed by atoms with van der Waals surface area (Å²) in [7, 11) is 0. The fraction of sp³-hybridized carbons (Fsp3) is 0.478. The monoisotopic (exact) mass is 486 g/mol. The predicted molar refractivity (Wildman–Crippen MR) is 128 cm³/mol. The van der Waals surface area contributed by atoms with E-state index in [9.17, 15) is 9.59 Å². The van der Waals surface area contributed by atoms with Crippen molar-refractivity contribution >= 4 is 34.1 Å². The number of ether oxygens (including phenoxy) is 1. The Morgan fingerprint density at radius 3 is 2.85 bits per heavy atom. The van der Waals surface area contributed by atoms with Crippen LogP contribution in [0.15, 0.2) is 28.6 Å². The van der Waals surface area contributed by atoms with Crippen molar-refractivity contribution in [1.82, 2.24) is 24.3 Å². The van der Waals surface area contributed by atoms with Gasteiger partial charge in [-0.05, 0) is 32.4 Å². The second-order valence-electron chi connectivity index (χ2n) is 8.61. The molecule has 0 aromatic carbocycles. The first-order valence-electron chi connectivity index (χ1n) is 11.5. The number of pyridine rings is 2. The largest absolute Gasteiger partial charge is 0.378 e. The van der Waals surface area contributed by atoms with Crippen LogP contribution in [0.3, 0.4) is 0 Å². The molecule has 5 heterocycles. The molecule has 5 rings (SSSR count). The van der Waals surface area contributed by atoms with Gasteiger partial charge in [0.05, 0.1) is 18.6 Å². The smallest absolute Gasteiger partial charge is 0.259 e.